The molecule has 0 saturated heterocycles. The van der Waals surface area contributed by atoms with Crippen LogP contribution in [0.3, 0.4) is 0 Å². The molecule has 108 valence electrons. The van der Waals surface area contributed by atoms with Crippen molar-refractivity contribution in [2.75, 3.05) is 0 Å². The van der Waals surface area contributed by atoms with Gasteiger partial charge in [0.05, 0.1) is 0 Å². The van der Waals surface area contributed by atoms with Crippen molar-refractivity contribution < 1.29 is 9.90 Å². The highest BCUT2D eigenvalue weighted by Gasteiger charge is 2.00. The molecule has 0 aliphatic carbocycles. The van der Waals surface area contributed by atoms with Gasteiger partial charge in [-0.25, -0.2) is 9.78 Å². The summed E-state index contributed by atoms with van der Waals surface area (Å²) < 4.78 is 0. The standard InChI is InChI=1S/C15H14N2O3S/c1-10-8-13(18)17-15(16-10)21-9-12-4-2-11(3-5-12)6-7-14(19)20/h2-8H,9H2,1H3,(H,19,20)(H,16,17,18). The van der Waals surface area contributed by atoms with Crippen molar-refractivity contribution in [2.45, 2.75) is 17.8 Å². The van der Waals surface area contributed by atoms with Crippen LogP contribution >= 0.6 is 11.8 Å². The van der Waals surface area contributed by atoms with Gasteiger partial charge in [-0.1, -0.05) is 36.0 Å². The van der Waals surface area contributed by atoms with Crippen molar-refractivity contribution in [2.24, 2.45) is 0 Å². The van der Waals surface area contributed by atoms with E-state index in [0.717, 1.165) is 17.2 Å². The predicted octanol–water partition coefficient (Wildman–Crippen LogP) is 2.47. The minimum Gasteiger partial charge on any atom is -0.478 e. The number of hydrogen-bond acceptors (Lipinski definition) is 4. The summed E-state index contributed by atoms with van der Waals surface area (Å²) in [5, 5.41) is 9.15. The molecule has 0 spiro atoms. The Morgan fingerprint density at radius 1 is 1.38 bits per heavy atom. The molecule has 21 heavy (non-hydrogen) atoms. The van der Waals surface area contributed by atoms with E-state index in [0.29, 0.717) is 16.6 Å². The third-order valence-electron chi connectivity index (χ3n) is 2.62. The fraction of sp³-hybridized carbons (Fsp3) is 0.133. The first-order chi connectivity index (χ1) is 10.0. The van der Waals surface area contributed by atoms with E-state index in [1.165, 1.54) is 17.8 Å². The van der Waals surface area contributed by atoms with Crippen molar-refractivity contribution >= 4 is 23.8 Å². The fourth-order valence-corrected chi connectivity index (χ4v) is 2.54. The maximum absolute atomic E-state index is 11.3. The Morgan fingerprint density at radius 2 is 2.10 bits per heavy atom. The Kier molecular flexibility index (Phi) is 4.94. The van der Waals surface area contributed by atoms with Gasteiger partial charge in [0, 0.05) is 23.6 Å². The molecule has 2 aromatic rings. The van der Waals surface area contributed by atoms with Crippen LogP contribution in [0.1, 0.15) is 16.8 Å². The fourth-order valence-electron chi connectivity index (χ4n) is 1.66. The lowest BCUT2D eigenvalue weighted by molar-refractivity contribution is -0.131. The van der Waals surface area contributed by atoms with Gasteiger partial charge in [0.2, 0.25) is 0 Å². The zero-order valence-corrected chi connectivity index (χ0v) is 12.2. The van der Waals surface area contributed by atoms with Crippen LogP contribution in [-0.2, 0) is 10.5 Å². The largest absolute Gasteiger partial charge is 0.478 e. The summed E-state index contributed by atoms with van der Waals surface area (Å²) in [7, 11) is 0. The van der Waals surface area contributed by atoms with E-state index in [1.807, 2.05) is 24.3 Å². The summed E-state index contributed by atoms with van der Waals surface area (Å²) in [5.74, 6) is -0.293. The van der Waals surface area contributed by atoms with E-state index in [4.69, 9.17) is 5.11 Å². The maximum Gasteiger partial charge on any atom is 0.328 e. The number of thioether (sulfide) groups is 1. The number of aliphatic carboxylic acids is 1. The molecular formula is C15H14N2O3S. The molecule has 1 aromatic heterocycles. The quantitative estimate of drug-likeness (QED) is 0.503. The predicted molar refractivity (Wildman–Crippen MR) is 82.3 cm³/mol. The van der Waals surface area contributed by atoms with Gasteiger partial charge >= 0.3 is 5.97 Å². The molecule has 5 nitrogen and oxygen atoms in total. The molecule has 0 amide bonds. The highest BCUT2D eigenvalue weighted by atomic mass is 32.2. The molecule has 1 heterocycles. The average Bonchev–Trinajstić information content (AvgIpc) is 2.43. The topological polar surface area (TPSA) is 83.0 Å². The second-order valence-electron chi connectivity index (χ2n) is 4.39. The van der Waals surface area contributed by atoms with Crippen LogP contribution in [-0.4, -0.2) is 21.0 Å². The number of benzene rings is 1. The van der Waals surface area contributed by atoms with Crippen LogP contribution in [0, 0.1) is 6.92 Å². The Labute approximate surface area is 125 Å². The lowest BCUT2D eigenvalue weighted by Gasteiger charge is -2.02. The third-order valence-corrected chi connectivity index (χ3v) is 3.57. The molecule has 6 heteroatoms. The molecule has 1 aromatic carbocycles. The number of H-pyrrole nitrogens is 1. The van der Waals surface area contributed by atoms with Gasteiger partial charge in [-0.2, -0.15) is 0 Å². The van der Waals surface area contributed by atoms with E-state index in [2.05, 4.69) is 9.97 Å². The molecule has 2 rings (SSSR count). The second-order valence-corrected chi connectivity index (χ2v) is 5.36. The number of carboxylic acids is 1. The molecule has 0 atom stereocenters. The van der Waals surface area contributed by atoms with Gasteiger partial charge in [-0.15, -0.1) is 0 Å². The average molecular weight is 302 g/mol. The van der Waals surface area contributed by atoms with Crippen LogP contribution in [0.4, 0.5) is 0 Å². The van der Waals surface area contributed by atoms with Crippen LogP contribution in [0.25, 0.3) is 6.08 Å². The SMILES string of the molecule is Cc1cc(=O)[nH]c(SCc2ccc(C=CC(=O)O)cc2)n1. The number of nitrogens with zero attached hydrogens (tertiary/aromatic N) is 1. The lowest BCUT2D eigenvalue weighted by Crippen LogP contribution is -2.08. The highest BCUT2D eigenvalue weighted by molar-refractivity contribution is 7.98. The Hall–Kier alpha value is -2.34. The van der Waals surface area contributed by atoms with Crippen LogP contribution in [0.2, 0.25) is 0 Å². The Morgan fingerprint density at radius 3 is 2.71 bits per heavy atom. The van der Waals surface area contributed by atoms with Crippen molar-refractivity contribution in [3.05, 3.63) is 63.6 Å². The van der Waals surface area contributed by atoms with Gasteiger partial charge in [0.1, 0.15) is 0 Å². The minimum absolute atomic E-state index is 0.154. The lowest BCUT2D eigenvalue weighted by atomic mass is 10.1. The van der Waals surface area contributed by atoms with Crippen molar-refractivity contribution in [3.8, 4) is 0 Å². The van der Waals surface area contributed by atoms with Crippen LogP contribution in [0.5, 0.6) is 0 Å². The zero-order chi connectivity index (χ0) is 15.2. The van der Waals surface area contributed by atoms with Crippen LogP contribution in [0.15, 0.2) is 46.4 Å². The van der Waals surface area contributed by atoms with E-state index in [9.17, 15) is 9.59 Å². The number of aromatic amines is 1. The first-order valence-electron chi connectivity index (χ1n) is 6.23. The minimum atomic E-state index is -0.968. The van der Waals surface area contributed by atoms with Gasteiger partial charge in [-0.05, 0) is 24.1 Å². The number of carboxylic acid groups (broad SMARTS) is 1. The number of carbonyl (C=O) groups is 1. The normalized spacial score (nSPS) is 10.9. The molecular weight excluding hydrogens is 288 g/mol. The monoisotopic (exact) mass is 302 g/mol. The first-order valence-corrected chi connectivity index (χ1v) is 7.22. The molecule has 0 fully saturated rings. The number of rotatable bonds is 5. The smallest absolute Gasteiger partial charge is 0.328 e. The van der Waals surface area contributed by atoms with E-state index in [1.54, 1.807) is 13.0 Å². The first kappa shape index (κ1) is 15.1. The number of hydrogen-bond donors (Lipinski definition) is 2. The molecule has 0 unspecified atom stereocenters. The summed E-state index contributed by atoms with van der Waals surface area (Å²) in [6, 6.07) is 8.99. The Bertz CT molecular complexity index is 720. The van der Waals surface area contributed by atoms with E-state index in [-0.39, 0.29) is 5.56 Å². The molecule has 0 bridgehead atoms. The van der Waals surface area contributed by atoms with Crippen molar-refractivity contribution in [1.82, 2.24) is 9.97 Å². The summed E-state index contributed by atoms with van der Waals surface area (Å²) in [5.41, 5.74) is 2.43. The van der Waals surface area contributed by atoms with Gasteiger partial charge in [-0.3, -0.25) is 4.79 Å². The molecule has 0 saturated carbocycles. The number of aromatic nitrogens is 2. The third kappa shape index (κ3) is 4.92. The van der Waals surface area contributed by atoms with Gasteiger partial charge < -0.3 is 10.1 Å². The summed E-state index contributed by atoms with van der Waals surface area (Å²) in [6.07, 6.45) is 2.64. The summed E-state index contributed by atoms with van der Waals surface area (Å²) in [6.45, 7) is 1.78. The summed E-state index contributed by atoms with van der Waals surface area (Å²) in [4.78, 5) is 28.7. The molecule has 2 N–H and O–H groups in total. The molecule has 0 aliphatic heterocycles. The van der Waals surface area contributed by atoms with Crippen molar-refractivity contribution in [3.63, 3.8) is 0 Å². The van der Waals surface area contributed by atoms with Crippen LogP contribution < -0.4 is 5.56 Å². The Balaban J connectivity index is 2.00. The highest BCUT2D eigenvalue weighted by Crippen LogP contribution is 2.19. The van der Waals surface area contributed by atoms with Crippen molar-refractivity contribution in [1.29, 1.82) is 0 Å². The number of nitrogens with one attached hydrogen (secondary N) is 1. The summed E-state index contributed by atoms with van der Waals surface area (Å²) >= 11 is 1.45. The van der Waals surface area contributed by atoms with E-state index >= 15 is 0 Å². The molecule has 0 aliphatic rings. The maximum atomic E-state index is 11.3. The van der Waals surface area contributed by atoms with E-state index < -0.39 is 5.97 Å². The van der Waals surface area contributed by atoms with Gasteiger partial charge in [0.15, 0.2) is 5.16 Å². The van der Waals surface area contributed by atoms with Gasteiger partial charge in [0.25, 0.3) is 5.56 Å². The zero-order valence-electron chi connectivity index (χ0n) is 11.4. The number of aryl methyl sites for hydroxylation is 1. The second kappa shape index (κ2) is 6.90. The molecule has 0 radical (unpaired) electrons.